The van der Waals surface area contributed by atoms with Crippen molar-refractivity contribution >= 4 is 11.6 Å². The number of alkyl halides is 3. The number of rotatable bonds is 3. The topological polar surface area (TPSA) is 46.3 Å². The molecule has 3 nitrogen and oxygen atoms in total. The van der Waals surface area contributed by atoms with Crippen LogP contribution >= 0.6 is 0 Å². The zero-order valence-corrected chi connectivity index (χ0v) is 11.2. The maximum Gasteiger partial charge on any atom is 0.389 e. The average Bonchev–Trinajstić information content (AvgIpc) is 2.39. The Bertz CT molecular complexity index is 514. The fraction of sp³-hybridized carbons (Fsp3) is 0.500. The first-order chi connectivity index (χ1) is 9.28. The molecule has 2 rings (SSSR count). The summed E-state index contributed by atoms with van der Waals surface area (Å²) in [6.07, 6.45) is -4.16. The third-order valence-electron chi connectivity index (χ3n) is 3.61. The molecule has 1 aromatic rings. The SMILES string of the molecule is CN1C(=O)CCc2cc(C(N)CCC(F)(F)F)ccc21. The van der Waals surface area contributed by atoms with Crippen molar-refractivity contribution in [3.8, 4) is 0 Å². The summed E-state index contributed by atoms with van der Waals surface area (Å²) in [5.74, 6) is 0.0478. The van der Waals surface area contributed by atoms with E-state index < -0.39 is 18.6 Å². The first kappa shape index (κ1) is 14.8. The number of fused-ring (bicyclic) bond motifs is 1. The lowest BCUT2D eigenvalue weighted by Gasteiger charge is -2.27. The number of hydrogen-bond acceptors (Lipinski definition) is 2. The predicted molar refractivity (Wildman–Crippen MR) is 70.4 cm³/mol. The fourth-order valence-corrected chi connectivity index (χ4v) is 2.39. The molecule has 1 atom stereocenters. The van der Waals surface area contributed by atoms with E-state index in [1.54, 1.807) is 24.1 Å². The standard InChI is InChI=1S/C14H17F3N2O/c1-19-12-4-2-9(8-10(12)3-5-13(19)20)11(18)6-7-14(15,16)17/h2,4,8,11H,3,5-7,18H2,1H3. The summed E-state index contributed by atoms with van der Waals surface area (Å²) in [4.78, 5) is 13.1. The summed E-state index contributed by atoms with van der Waals surface area (Å²) < 4.78 is 36.6. The lowest BCUT2D eigenvalue weighted by Crippen LogP contribution is -2.31. The van der Waals surface area contributed by atoms with Crippen molar-refractivity contribution in [3.05, 3.63) is 29.3 Å². The van der Waals surface area contributed by atoms with E-state index in [0.717, 1.165) is 11.3 Å². The third kappa shape index (κ3) is 3.30. The third-order valence-corrected chi connectivity index (χ3v) is 3.61. The summed E-state index contributed by atoms with van der Waals surface area (Å²) in [5, 5.41) is 0. The van der Waals surface area contributed by atoms with E-state index in [9.17, 15) is 18.0 Å². The quantitative estimate of drug-likeness (QED) is 0.928. The average molecular weight is 286 g/mol. The van der Waals surface area contributed by atoms with E-state index in [-0.39, 0.29) is 12.3 Å². The van der Waals surface area contributed by atoms with Gasteiger partial charge in [0.25, 0.3) is 0 Å². The number of halogens is 3. The van der Waals surface area contributed by atoms with E-state index in [2.05, 4.69) is 0 Å². The summed E-state index contributed by atoms with van der Waals surface area (Å²) in [7, 11) is 1.70. The van der Waals surface area contributed by atoms with Crippen LogP contribution in [-0.4, -0.2) is 19.1 Å². The van der Waals surface area contributed by atoms with Crippen LogP contribution in [-0.2, 0) is 11.2 Å². The highest BCUT2D eigenvalue weighted by atomic mass is 19.4. The maximum absolute atomic E-state index is 12.2. The summed E-state index contributed by atoms with van der Waals surface area (Å²) in [6.45, 7) is 0. The minimum Gasteiger partial charge on any atom is -0.324 e. The molecule has 6 heteroatoms. The van der Waals surface area contributed by atoms with Gasteiger partial charge in [0.1, 0.15) is 0 Å². The molecular weight excluding hydrogens is 269 g/mol. The second-order valence-corrected chi connectivity index (χ2v) is 5.10. The summed E-state index contributed by atoms with van der Waals surface area (Å²) in [6, 6.07) is 4.65. The van der Waals surface area contributed by atoms with Crippen molar-refractivity contribution in [1.82, 2.24) is 0 Å². The van der Waals surface area contributed by atoms with Crippen molar-refractivity contribution in [2.24, 2.45) is 5.73 Å². The number of anilines is 1. The zero-order valence-electron chi connectivity index (χ0n) is 11.2. The van der Waals surface area contributed by atoms with E-state index in [1.165, 1.54) is 0 Å². The number of carbonyl (C=O) groups excluding carboxylic acids is 1. The number of aryl methyl sites for hydroxylation is 1. The zero-order chi connectivity index (χ0) is 14.9. The largest absolute Gasteiger partial charge is 0.389 e. The molecular formula is C14H17F3N2O. The minimum atomic E-state index is -4.18. The van der Waals surface area contributed by atoms with Gasteiger partial charge < -0.3 is 10.6 Å². The van der Waals surface area contributed by atoms with E-state index in [4.69, 9.17) is 5.73 Å². The molecule has 2 N–H and O–H groups in total. The Hall–Kier alpha value is -1.56. The molecule has 0 fully saturated rings. The van der Waals surface area contributed by atoms with Gasteiger partial charge in [-0.05, 0) is 30.0 Å². The minimum absolute atomic E-state index is 0.0478. The highest BCUT2D eigenvalue weighted by Gasteiger charge is 2.28. The van der Waals surface area contributed by atoms with Crippen LogP contribution in [0.15, 0.2) is 18.2 Å². The molecule has 1 aliphatic heterocycles. The van der Waals surface area contributed by atoms with Crippen LogP contribution in [0.5, 0.6) is 0 Å². The Morgan fingerprint density at radius 2 is 2.05 bits per heavy atom. The molecule has 110 valence electrons. The predicted octanol–water partition coefficient (Wildman–Crippen LogP) is 2.94. The van der Waals surface area contributed by atoms with Gasteiger partial charge in [-0.25, -0.2) is 0 Å². The van der Waals surface area contributed by atoms with Gasteiger partial charge in [-0.15, -0.1) is 0 Å². The highest BCUT2D eigenvalue weighted by Crippen LogP contribution is 2.31. The van der Waals surface area contributed by atoms with Crippen molar-refractivity contribution in [1.29, 1.82) is 0 Å². The molecule has 0 saturated heterocycles. The van der Waals surface area contributed by atoms with Crippen molar-refractivity contribution < 1.29 is 18.0 Å². The summed E-state index contributed by atoms with van der Waals surface area (Å²) >= 11 is 0. The Morgan fingerprint density at radius 1 is 1.35 bits per heavy atom. The lowest BCUT2D eigenvalue weighted by molar-refractivity contribution is -0.136. The lowest BCUT2D eigenvalue weighted by atomic mass is 9.95. The summed E-state index contributed by atoms with van der Waals surface area (Å²) in [5.41, 5.74) is 8.29. The van der Waals surface area contributed by atoms with Crippen LogP contribution in [0, 0.1) is 0 Å². The van der Waals surface area contributed by atoms with Crippen LogP contribution in [0.25, 0.3) is 0 Å². The molecule has 1 unspecified atom stereocenters. The second kappa shape index (κ2) is 5.44. The molecule has 1 aliphatic rings. The molecule has 0 bridgehead atoms. The Balaban J connectivity index is 2.13. The maximum atomic E-state index is 12.2. The Kier molecular flexibility index (Phi) is 4.04. The fourth-order valence-electron chi connectivity index (χ4n) is 2.39. The van der Waals surface area contributed by atoms with E-state index in [0.29, 0.717) is 18.4 Å². The van der Waals surface area contributed by atoms with Crippen LogP contribution < -0.4 is 10.6 Å². The van der Waals surface area contributed by atoms with Crippen molar-refractivity contribution in [2.45, 2.75) is 37.9 Å². The molecule has 0 aliphatic carbocycles. The van der Waals surface area contributed by atoms with Gasteiger partial charge in [-0.2, -0.15) is 13.2 Å². The normalized spacial score (nSPS) is 17.1. The van der Waals surface area contributed by atoms with Crippen LogP contribution in [0.2, 0.25) is 0 Å². The molecule has 0 radical (unpaired) electrons. The first-order valence-corrected chi connectivity index (χ1v) is 6.49. The molecule has 20 heavy (non-hydrogen) atoms. The van der Waals surface area contributed by atoms with Gasteiger partial charge in [0.15, 0.2) is 0 Å². The number of nitrogens with two attached hydrogens (primary N) is 1. The monoisotopic (exact) mass is 286 g/mol. The van der Waals surface area contributed by atoms with Gasteiger partial charge in [-0.1, -0.05) is 12.1 Å². The van der Waals surface area contributed by atoms with Gasteiger partial charge in [-0.3, -0.25) is 4.79 Å². The molecule has 1 aromatic carbocycles. The molecule has 0 aromatic heterocycles. The molecule has 1 heterocycles. The number of benzene rings is 1. The number of amides is 1. The van der Waals surface area contributed by atoms with Gasteiger partial charge in [0.05, 0.1) is 0 Å². The van der Waals surface area contributed by atoms with Crippen LogP contribution in [0.4, 0.5) is 18.9 Å². The number of nitrogens with zero attached hydrogens (tertiary/aromatic N) is 1. The van der Waals surface area contributed by atoms with Crippen LogP contribution in [0.3, 0.4) is 0 Å². The second-order valence-electron chi connectivity index (χ2n) is 5.10. The molecule has 1 amide bonds. The first-order valence-electron chi connectivity index (χ1n) is 6.49. The number of carbonyl (C=O) groups is 1. The van der Waals surface area contributed by atoms with Crippen molar-refractivity contribution in [3.63, 3.8) is 0 Å². The Morgan fingerprint density at radius 3 is 2.70 bits per heavy atom. The smallest absolute Gasteiger partial charge is 0.324 e. The molecule has 0 saturated carbocycles. The molecule has 0 spiro atoms. The van der Waals surface area contributed by atoms with Gasteiger partial charge in [0.2, 0.25) is 5.91 Å². The highest BCUT2D eigenvalue weighted by molar-refractivity contribution is 5.95. The van der Waals surface area contributed by atoms with Crippen LogP contribution in [0.1, 0.15) is 36.4 Å². The Labute approximate surface area is 115 Å². The van der Waals surface area contributed by atoms with E-state index in [1.807, 2.05) is 6.07 Å². The number of hydrogen-bond donors (Lipinski definition) is 1. The van der Waals surface area contributed by atoms with Gasteiger partial charge in [0, 0.05) is 31.6 Å². The van der Waals surface area contributed by atoms with Crippen molar-refractivity contribution in [2.75, 3.05) is 11.9 Å². The van der Waals surface area contributed by atoms with E-state index >= 15 is 0 Å². The van der Waals surface area contributed by atoms with Gasteiger partial charge >= 0.3 is 6.18 Å².